The molecule has 1 aromatic heterocycles. The Labute approximate surface area is 143 Å². The number of carbonyl (C=O) groups is 1. The molecule has 6 nitrogen and oxygen atoms in total. The molecule has 0 saturated carbocycles. The molecule has 2 amide bonds. The topological polar surface area (TPSA) is 57.7 Å². The van der Waals surface area contributed by atoms with Crippen molar-refractivity contribution in [1.29, 1.82) is 0 Å². The molecule has 8 heteroatoms. The predicted molar refractivity (Wildman–Crippen MR) is 92.9 cm³/mol. The number of carbonyl (C=O) groups excluding carboxylic acids is 1. The van der Waals surface area contributed by atoms with Gasteiger partial charge in [0.05, 0.1) is 12.1 Å². The molecule has 1 aromatic carbocycles. The molecule has 0 spiro atoms. The number of piperazine rings is 1. The van der Waals surface area contributed by atoms with E-state index in [0.717, 1.165) is 18.2 Å². The molecule has 0 atom stereocenters. The van der Waals surface area contributed by atoms with Crippen LogP contribution in [0.1, 0.15) is 0 Å². The number of urea groups is 1. The minimum absolute atomic E-state index is 0.120. The third-order valence-corrected chi connectivity index (χ3v) is 4.79. The van der Waals surface area contributed by atoms with Crippen LogP contribution in [-0.4, -0.2) is 49.2 Å². The second-order valence-corrected chi connectivity index (χ2v) is 6.35. The molecule has 1 saturated heterocycles. The van der Waals surface area contributed by atoms with Crippen molar-refractivity contribution in [3.8, 4) is 5.75 Å². The smallest absolute Gasteiger partial charge is 0.321 e. The average molecular weight is 353 g/mol. The Hall–Kier alpha value is -1.99. The Balaban J connectivity index is 1.56. The molecule has 122 valence electrons. The van der Waals surface area contributed by atoms with Crippen molar-refractivity contribution in [2.75, 3.05) is 43.5 Å². The van der Waals surface area contributed by atoms with Gasteiger partial charge >= 0.3 is 6.03 Å². The first kappa shape index (κ1) is 15.9. The summed E-state index contributed by atoms with van der Waals surface area (Å²) in [7, 11) is 1.56. The van der Waals surface area contributed by atoms with Gasteiger partial charge in [0, 0.05) is 43.4 Å². The molecule has 0 bridgehead atoms. The Morgan fingerprint density at radius 3 is 2.74 bits per heavy atom. The fraction of sp³-hybridized carbons (Fsp3) is 0.333. The number of nitrogens with one attached hydrogen (secondary N) is 1. The maximum Gasteiger partial charge on any atom is 0.321 e. The van der Waals surface area contributed by atoms with Gasteiger partial charge in [-0.25, -0.2) is 9.78 Å². The summed E-state index contributed by atoms with van der Waals surface area (Å²) in [6, 6.07) is 5.07. The number of anilines is 2. The summed E-state index contributed by atoms with van der Waals surface area (Å²) in [4.78, 5) is 20.6. The molecule has 1 aliphatic rings. The lowest BCUT2D eigenvalue weighted by Gasteiger charge is -2.34. The van der Waals surface area contributed by atoms with Gasteiger partial charge in [-0.15, -0.1) is 11.3 Å². The zero-order valence-electron chi connectivity index (χ0n) is 12.7. The molecule has 3 rings (SSSR count). The third-order valence-electron chi connectivity index (χ3n) is 3.66. The Morgan fingerprint density at radius 2 is 2.13 bits per heavy atom. The molecular formula is C15H17ClN4O2S. The van der Waals surface area contributed by atoms with Crippen molar-refractivity contribution in [1.82, 2.24) is 9.88 Å². The van der Waals surface area contributed by atoms with E-state index in [1.54, 1.807) is 47.7 Å². The summed E-state index contributed by atoms with van der Waals surface area (Å²) < 4.78 is 5.10. The maximum atomic E-state index is 12.3. The quantitative estimate of drug-likeness (QED) is 0.921. The summed E-state index contributed by atoms with van der Waals surface area (Å²) in [5, 5.41) is 6.31. The highest BCUT2D eigenvalue weighted by atomic mass is 35.5. The molecule has 0 aliphatic carbocycles. The van der Waals surface area contributed by atoms with Crippen molar-refractivity contribution in [2.45, 2.75) is 0 Å². The van der Waals surface area contributed by atoms with Crippen molar-refractivity contribution in [3.63, 3.8) is 0 Å². The third kappa shape index (κ3) is 3.68. The number of aromatic nitrogens is 1. The van der Waals surface area contributed by atoms with Crippen LogP contribution >= 0.6 is 22.9 Å². The van der Waals surface area contributed by atoms with Gasteiger partial charge in [0.15, 0.2) is 5.13 Å². The molecule has 2 aromatic rings. The van der Waals surface area contributed by atoms with E-state index in [0.29, 0.717) is 29.5 Å². The van der Waals surface area contributed by atoms with Gasteiger partial charge < -0.3 is 19.9 Å². The lowest BCUT2D eigenvalue weighted by atomic mass is 10.3. The van der Waals surface area contributed by atoms with Crippen LogP contribution in [0.4, 0.5) is 15.6 Å². The SMILES string of the molecule is COc1ccc(NC(=O)N2CCN(c3nccs3)CC2)cc1Cl. The zero-order valence-corrected chi connectivity index (χ0v) is 14.2. The highest BCUT2D eigenvalue weighted by Gasteiger charge is 2.22. The fourth-order valence-electron chi connectivity index (χ4n) is 2.42. The monoisotopic (exact) mass is 352 g/mol. The lowest BCUT2D eigenvalue weighted by molar-refractivity contribution is 0.208. The first-order valence-corrected chi connectivity index (χ1v) is 8.47. The molecule has 1 aliphatic heterocycles. The summed E-state index contributed by atoms with van der Waals surface area (Å²) in [5.41, 5.74) is 0.656. The van der Waals surface area contributed by atoms with Crippen molar-refractivity contribution < 1.29 is 9.53 Å². The van der Waals surface area contributed by atoms with Crippen LogP contribution in [-0.2, 0) is 0 Å². The maximum absolute atomic E-state index is 12.3. The van der Waals surface area contributed by atoms with Gasteiger partial charge in [-0.2, -0.15) is 0 Å². The van der Waals surface area contributed by atoms with Gasteiger partial charge in [-0.1, -0.05) is 11.6 Å². The van der Waals surface area contributed by atoms with Crippen LogP contribution in [0.2, 0.25) is 5.02 Å². The van der Waals surface area contributed by atoms with Gasteiger partial charge in [0.25, 0.3) is 0 Å². The Kier molecular flexibility index (Phi) is 4.88. The number of benzene rings is 1. The van der Waals surface area contributed by atoms with E-state index < -0.39 is 0 Å². The van der Waals surface area contributed by atoms with Crippen LogP contribution in [0.15, 0.2) is 29.8 Å². The lowest BCUT2D eigenvalue weighted by Crippen LogP contribution is -2.50. The van der Waals surface area contributed by atoms with Crippen LogP contribution in [0.3, 0.4) is 0 Å². The van der Waals surface area contributed by atoms with Crippen LogP contribution in [0.25, 0.3) is 0 Å². The van der Waals surface area contributed by atoms with E-state index in [-0.39, 0.29) is 6.03 Å². The number of rotatable bonds is 3. The summed E-state index contributed by atoms with van der Waals surface area (Å²) in [6.07, 6.45) is 1.80. The molecule has 2 heterocycles. The summed E-state index contributed by atoms with van der Waals surface area (Å²) in [6.45, 7) is 2.89. The van der Waals surface area contributed by atoms with Crippen molar-refractivity contribution >= 4 is 39.8 Å². The number of ether oxygens (including phenoxy) is 1. The zero-order chi connectivity index (χ0) is 16.2. The van der Waals surface area contributed by atoms with E-state index in [4.69, 9.17) is 16.3 Å². The van der Waals surface area contributed by atoms with E-state index in [1.807, 2.05) is 5.38 Å². The van der Waals surface area contributed by atoms with Crippen molar-refractivity contribution in [3.05, 3.63) is 34.8 Å². The summed E-state index contributed by atoms with van der Waals surface area (Å²) >= 11 is 7.69. The number of methoxy groups -OCH3 is 1. The number of nitrogens with zero attached hydrogens (tertiary/aromatic N) is 3. The second-order valence-electron chi connectivity index (χ2n) is 5.07. The normalized spacial score (nSPS) is 14.7. The first-order valence-electron chi connectivity index (χ1n) is 7.21. The van der Waals surface area contributed by atoms with E-state index in [2.05, 4.69) is 15.2 Å². The van der Waals surface area contributed by atoms with E-state index >= 15 is 0 Å². The highest BCUT2D eigenvalue weighted by molar-refractivity contribution is 7.13. The molecule has 0 radical (unpaired) electrons. The Bertz CT molecular complexity index is 672. The van der Waals surface area contributed by atoms with Crippen LogP contribution < -0.4 is 15.0 Å². The summed E-state index contributed by atoms with van der Waals surface area (Å²) in [5.74, 6) is 0.585. The molecule has 1 N–H and O–H groups in total. The number of hydrogen-bond donors (Lipinski definition) is 1. The highest BCUT2D eigenvalue weighted by Crippen LogP contribution is 2.27. The minimum Gasteiger partial charge on any atom is -0.495 e. The molecule has 0 unspecified atom stereocenters. The number of hydrogen-bond acceptors (Lipinski definition) is 5. The van der Waals surface area contributed by atoms with Crippen molar-refractivity contribution in [2.24, 2.45) is 0 Å². The predicted octanol–water partition coefficient (Wildman–Crippen LogP) is 3.16. The molecule has 1 fully saturated rings. The number of halogens is 1. The second kappa shape index (κ2) is 7.06. The largest absolute Gasteiger partial charge is 0.495 e. The number of amides is 2. The molecule has 23 heavy (non-hydrogen) atoms. The van der Waals surface area contributed by atoms with E-state index in [9.17, 15) is 4.79 Å². The van der Waals surface area contributed by atoms with Gasteiger partial charge in [-0.05, 0) is 18.2 Å². The number of thiazole rings is 1. The molecular weight excluding hydrogens is 336 g/mol. The van der Waals surface area contributed by atoms with Gasteiger partial charge in [-0.3, -0.25) is 0 Å². The minimum atomic E-state index is -0.120. The van der Waals surface area contributed by atoms with Gasteiger partial charge in [0.1, 0.15) is 5.75 Å². The van der Waals surface area contributed by atoms with Gasteiger partial charge in [0.2, 0.25) is 0 Å². The Morgan fingerprint density at radius 1 is 1.35 bits per heavy atom. The van der Waals surface area contributed by atoms with Crippen LogP contribution in [0, 0.1) is 0 Å². The fourth-order valence-corrected chi connectivity index (χ4v) is 3.37. The first-order chi connectivity index (χ1) is 11.2. The van der Waals surface area contributed by atoms with Crippen LogP contribution in [0.5, 0.6) is 5.75 Å². The average Bonchev–Trinajstić information content (AvgIpc) is 3.09. The van der Waals surface area contributed by atoms with E-state index in [1.165, 1.54) is 0 Å². The standard InChI is InChI=1S/C15H17ClN4O2S/c1-22-13-3-2-11(10-12(13)16)18-14(21)19-5-7-20(8-6-19)15-17-4-9-23-15/h2-4,9-10H,5-8H2,1H3,(H,18,21).